The number of hydrogen-bond donors (Lipinski definition) is 4. The minimum atomic E-state index is -0.431. The van der Waals surface area contributed by atoms with Crippen LogP contribution in [0, 0.1) is 6.92 Å². The number of H-pyrrole nitrogens is 2. The average Bonchev–Trinajstić information content (AvgIpc) is 3.17. The fraction of sp³-hybridized carbons (Fsp3) is 0.182. The van der Waals surface area contributed by atoms with Gasteiger partial charge in [-0.25, -0.2) is 4.98 Å². The minimum Gasteiger partial charge on any atom is -0.369 e. The number of aromatic nitrogens is 4. The van der Waals surface area contributed by atoms with Crippen molar-refractivity contribution < 1.29 is 4.79 Å². The van der Waals surface area contributed by atoms with Crippen LogP contribution in [0.4, 0.5) is 5.82 Å². The maximum absolute atomic E-state index is 12.4. The van der Waals surface area contributed by atoms with Crippen LogP contribution in [0.1, 0.15) is 28.0 Å². The Labute approximate surface area is 172 Å². The van der Waals surface area contributed by atoms with Gasteiger partial charge in [0.25, 0.3) is 5.56 Å². The molecule has 4 rings (SSSR count). The van der Waals surface area contributed by atoms with Crippen LogP contribution in [0.25, 0.3) is 22.0 Å². The summed E-state index contributed by atoms with van der Waals surface area (Å²) in [6.07, 6.45) is 5.02. The summed E-state index contributed by atoms with van der Waals surface area (Å²) in [4.78, 5) is 31.0. The summed E-state index contributed by atoms with van der Waals surface area (Å²) in [7, 11) is 0. The summed E-state index contributed by atoms with van der Waals surface area (Å²) in [6, 6.07) is 11.0. The SMILES string of the molecule is Cc1[nH]ncc1-c1cc2cc[nH]c(=O)c2c(NCCCc2ccc(C(N)=O)cc2)n1. The van der Waals surface area contributed by atoms with Crippen LogP contribution in [0.2, 0.25) is 0 Å². The highest BCUT2D eigenvalue weighted by molar-refractivity contribution is 5.94. The van der Waals surface area contributed by atoms with Crippen molar-refractivity contribution in [2.24, 2.45) is 5.73 Å². The number of primary amides is 1. The Morgan fingerprint density at radius 3 is 2.70 bits per heavy atom. The fourth-order valence-corrected chi connectivity index (χ4v) is 3.42. The lowest BCUT2D eigenvalue weighted by Gasteiger charge is -2.11. The molecule has 0 unspecified atom stereocenters. The first kappa shape index (κ1) is 19.4. The monoisotopic (exact) mass is 402 g/mol. The standard InChI is InChI=1S/C22H22N6O2/c1-13-17(12-26-28-13)18-11-16-8-10-25-22(30)19(16)21(27-18)24-9-2-3-14-4-6-15(7-5-14)20(23)29/h4-8,10-12H,2-3,9H2,1H3,(H2,23,29)(H,24,27)(H,25,30)(H,26,28). The number of pyridine rings is 2. The van der Waals surface area contributed by atoms with Gasteiger partial charge in [0.15, 0.2) is 0 Å². The number of nitrogens with one attached hydrogen (secondary N) is 3. The molecule has 0 saturated carbocycles. The van der Waals surface area contributed by atoms with Gasteiger partial charge in [0.1, 0.15) is 5.82 Å². The van der Waals surface area contributed by atoms with Gasteiger partial charge < -0.3 is 16.0 Å². The molecule has 0 aliphatic heterocycles. The lowest BCUT2D eigenvalue weighted by Crippen LogP contribution is -2.12. The third-order valence-corrected chi connectivity index (χ3v) is 5.03. The first-order chi connectivity index (χ1) is 14.5. The van der Waals surface area contributed by atoms with E-state index in [2.05, 4.69) is 20.5 Å². The van der Waals surface area contributed by atoms with Crippen molar-refractivity contribution in [1.82, 2.24) is 20.2 Å². The van der Waals surface area contributed by atoms with Crippen molar-refractivity contribution in [1.29, 1.82) is 0 Å². The molecule has 5 N–H and O–H groups in total. The summed E-state index contributed by atoms with van der Waals surface area (Å²) >= 11 is 0. The van der Waals surface area contributed by atoms with E-state index in [-0.39, 0.29) is 5.56 Å². The highest BCUT2D eigenvalue weighted by atomic mass is 16.1. The second kappa shape index (κ2) is 8.20. The number of nitrogens with two attached hydrogens (primary N) is 1. The molecule has 0 atom stereocenters. The fourth-order valence-electron chi connectivity index (χ4n) is 3.42. The predicted molar refractivity (Wildman–Crippen MR) is 116 cm³/mol. The Bertz CT molecular complexity index is 1260. The molecule has 0 saturated heterocycles. The van der Waals surface area contributed by atoms with Crippen molar-refractivity contribution in [2.45, 2.75) is 19.8 Å². The third kappa shape index (κ3) is 3.93. The average molecular weight is 402 g/mol. The van der Waals surface area contributed by atoms with Crippen molar-refractivity contribution in [3.05, 3.63) is 76.0 Å². The molecule has 152 valence electrons. The normalized spacial score (nSPS) is 11.0. The van der Waals surface area contributed by atoms with Crippen LogP contribution in [0.3, 0.4) is 0 Å². The summed E-state index contributed by atoms with van der Waals surface area (Å²) in [5, 5.41) is 11.7. The van der Waals surface area contributed by atoms with Gasteiger partial charge in [0, 0.05) is 29.6 Å². The zero-order valence-corrected chi connectivity index (χ0v) is 16.5. The van der Waals surface area contributed by atoms with Crippen molar-refractivity contribution in [3.8, 4) is 11.3 Å². The van der Waals surface area contributed by atoms with Gasteiger partial charge in [0.05, 0.1) is 17.3 Å². The smallest absolute Gasteiger partial charge is 0.259 e. The molecule has 0 aliphatic carbocycles. The van der Waals surface area contributed by atoms with Crippen LogP contribution in [-0.4, -0.2) is 32.6 Å². The maximum atomic E-state index is 12.4. The second-order valence-electron chi connectivity index (χ2n) is 7.13. The van der Waals surface area contributed by atoms with Crippen LogP contribution in [0.15, 0.2) is 53.6 Å². The third-order valence-electron chi connectivity index (χ3n) is 5.03. The van der Waals surface area contributed by atoms with E-state index in [4.69, 9.17) is 10.7 Å². The number of hydrogen-bond acceptors (Lipinski definition) is 5. The summed E-state index contributed by atoms with van der Waals surface area (Å²) in [5.41, 5.74) is 9.27. The Balaban J connectivity index is 1.53. The molecule has 4 aromatic rings. The minimum absolute atomic E-state index is 0.181. The van der Waals surface area contributed by atoms with E-state index in [0.29, 0.717) is 23.3 Å². The number of carbonyl (C=O) groups excluding carboxylic acids is 1. The molecular formula is C22H22N6O2. The lowest BCUT2D eigenvalue weighted by atomic mass is 10.1. The molecule has 8 heteroatoms. The number of anilines is 1. The van der Waals surface area contributed by atoms with Gasteiger partial charge in [-0.1, -0.05) is 12.1 Å². The Kier molecular flexibility index (Phi) is 5.30. The number of amides is 1. The molecule has 0 fully saturated rings. The lowest BCUT2D eigenvalue weighted by molar-refractivity contribution is 0.100. The topological polar surface area (TPSA) is 130 Å². The zero-order valence-electron chi connectivity index (χ0n) is 16.5. The molecule has 0 bridgehead atoms. The highest BCUT2D eigenvalue weighted by Gasteiger charge is 2.13. The van der Waals surface area contributed by atoms with E-state index < -0.39 is 5.91 Å². The Morgan fingerprint density at radius 1 is 1.20 bits per heavy atom. The largest absolute Gasteiger partial charge is 0.369 e. The Morgan fingerprint density at radius 2 is 2.00 bits per heavy atom. The summed E-state index contributed by atoms with van der Waals surface area (Å²) in [6.45, 7) is 2.57. The molecular weight excluding hydrogens is 380 g/mol. The number of rotatable bonds is 7. The number of aryl methyl sites for hydroxylation is 2. The molecule has 1 aromatic carbocycles. The quantitative estimate of drug-likeness (QED) is 0.353. The van der Waals surface area contributed by atoms with Crippen molar-refractivity contribution in [3.63, 3.8) is 0 Å². The summed E-state index contributed by atoms with van der Waals surface area (Å²) in [5.74, 6) is 0.119. The van der Waals surface area contributed by atoms with E-state index in [1.807, 2.05) is 31.2 Å². The van der Waals surface area contributed by atoms with E-state index in [1.165, 1.54) is 0 Å². The highest BCUT2D eigenvalue weighted by Crippen LogP contribution is 2.26. The number of aromatic amines is 2. The van der Waals surface area contributed by atoms with Crippen LogP contribution >= 0.6 is 0 Å². The first-order valence-corrected chi connectivity index (χ1v) is 9.68. The van der Waals surface area contributed by atoms with Crippen LogP contribution in [-0.2, 0) is 6.42 Å². The van der Waals surface area contributed by atoms with Gasteiger partial charge in [-0.15, -0.1) is 0 Å². The number of carbonyl (C=O) groups is 1. The van der Waals surface area contributed by atoms with Crippen molar-refractivity contribution >= 4 is 22.5 Å². The number of nitrogens with zero attached hydrogens (tertiary/aromatic N) is 2. The second-order valence-corrected chi connectivity index (χ2v) is 7.13. The maximum Gasteiger partial charge on any atom is 0.259 e. The Hall–Kier alpha value is -3.94. The van der Waals surface area contributed by atoms with Crippen LogP contribution < -0.4 is 16.6 Å². The molecule has 8 nitrogen and oxygen atoms in total. The van der Waals surface area contributed by atoms with Gasteiger partial charge in [0.2, 0.25) is 5.91 Å². The predicted octanol–water partition coefficient (Wildman–Crippen LogP) is 2.77. The van der Waals surface area contributed by atoms with Gasteiger partial charge >= 0.3 is 0 Å². The van der Waals surface area contributed by atoms with Crippen LogP contribution in [0.5, 0.6) is 0 Å². The molecule has 1 amide bonds. The molecule has 30 heavy (non-hydrogen) atoms. The van der Waals surface area contributed by atoms with Gasteiger partial charge in [-0.2, -0.15) is 5.10 Å². The van der Waals surface area contributed by atoms with E-state index >= 15 is 0 Å². The zero-order chi connectivity index (χ0) is 21.1. The van der Waals surface area contributed by atoms with Gasteiger partial charge in [-0.05, 0) is 55.0 Å². The molecule has 0 aliphatic rings. The molecule has 3 heterocycles. The molecule has 0 radical (unpaired) electrons. The van der Waals surface area contributed by atoms with Crippen molar-refractivity contribution in [2.75, 3.05) is 11.9 Å². The van der Waals surface area contributed by atoms with E-state index in [0.717, 1.165) is 40.7 Å². The first-order valence-electron chi connectivity index (χ1n) is 9.68. The van der Waals surface area contributed by atoms with E-state index in [1.54, 1.807) is 24.5 Å². The van der Waals surface area contributed by atoms with E-state index in [9.17, 15) is 9.59 Å². The number of fused-ring (bicyclic) bond motifs is 1. The summed E-state index contributed by atoms with van der Waals surface area (Å²) < 4.78 is 0. The molecule has 0 spiro atoms. The van der Waals surface area contributed by atoms with Gasteiger partial charge in [-0.3, -0.25) is 14.7 Å². The number of benzene rings is 1. The molecule has 3 aromatic heterocycles.